The fourth-order valence-corrected chi connectivity index (χ4v) is 5.18. The molecule has 0 atom stereocenters. The van der Waals surface area contributed by atoms with Gasteiger partial charge in [0.15, 0.2) is 6.61 Å². The number of anilines is 2. The van der Waals surface area contributed by atoms with E-state index in [0.29, 0.717) is 28.4 Å². The van der Waals surface area contributed by atoms with Crippen LogP contribution in [0.3, 0.4) is 0 Å². The lowest BCUT2D eigenvalue weighted by molar-refractivity contribution is -0.119. The van der Waals surface area contributed by atoms with E-state index in [2.05, 4.69) is 15.8 Å². The molecule has 10 nitrogen and oxygen atoms in total. The van der Waals surface area contributed by atoms with Crippen LogP contribution in [0.1, 0.15) is 11.1 Å². The molecule has 2 amide bonds. The normalized spacial score (nSPS) is 11.1. The van der Waals surface area contributed by atoms with Crippen LogP contribution in [-0.4, -0.2) is 46.7 Å². The first kappa shape index (κ1) is 29.8. The lowest BCUT2D eigenvalue weighted by atomic mass is 10.2. The molecular weight excluding hydrogens is 556 g/mol. The molecule has 0 aromatic heterocycles. The second kappa shape index (κ2) is 14.0. The minimum atomic E-state index is -4.08. The predicted molar refractivity (Wildman–Crippen MR) is 161 cm³/mol. The Bertz CT molecular complexity index is 1620. The highest BCUT2D eigenvalue weighted by Gasteiger charge is 2.27. The minimum absolute atomic E-state index is 0.0139. The van der Waals surface area contributed by atoms with Crippen LogP contribution in [-0.2, 0) is 19.6 Å². The van der Waals surface area contributed by atoms with Crippen molar-refractivity contribution in [1.29, 1.82) is 0 Å². The van der Waals surface area contributed by atoms with E-state index in [9.17, 15) is 18.0 Å². The smallest absolute Gasteiger partial charge is 0.264 e. The third-order valence-electron chi connectivity index (χ3n) is 5.97. The number of hydrogen-bond donors (Lipinski definition) is 2. The van der Waals surface area contributed by atoms with Crippen LogP contribution in [0.2, 0.25) is 0 Å². The quantitative estimate of drug-likeness (QED) is 0.188. The average Bonchev–Trinajstić information content (AvgIpc) is 3.00. The number of aryl methyl sites for hydroxylation is 1. The standard InChI is InChI=1S/C31H30N4O6S/c1-23-8-12-26(13-9-23)35(42(38,39)29-18-16-27(40-2)17-19-29)21-30(36)34-32-20-24-10-14-28(15-11-24)41-22-31(37)33-25-6-4-3-5-7-25/h3-20H,21-22H2,1-2H3,(H,33,37)(H,34,36)/b32-20-. The molecule has 0 fully saturated rings. The molecule has 0 saturated heterocycles. The summed E-state index contributed by atoms with van der Waals surface area (Å²) < 4.78 is 38.7. The first-order valence-corrected chi connectivity index (χ1v) is 14.3. The number of carbonyl (C=O) groups is 2. The van der Waals surface area contributed by atoms with Gasteiger partial charge in [0.1, 0.15) is 18.0 Å². The molecule has 4 rings (SSSR count). The number of methoxy groups -OCH3 is 1. The second-order valence-corrected chi connectivity index (χ2v) is 11.0. The number of nitrogens with zero attached hydrogens (tertiary/aromatic N) is 2. The van der Waals surface area contributed by atoms with Gasteiger partial charge in [0, 0.05) is 5.69 Å². The maximum Gasteiger partial charge on any atom is 0.264 e. The number of hydrazone groups is 1. The van der Waals surface area contributed by atoms with Crippen molar-refractivity contribution in [1.82, 2.24) is 5.43 Å². The Kier molecular flexibility index (Phi) is 9.90. The van der Waals surface area contributed by atoms with Crippen molar-refractivity contribution in [3.8, 4) is 11.5 Å². The van der Waals surface area contributed by atoms with Crippen molar-refractivity contribution < 1.29 is 27.5 Å². The van der Waals surface area contributed by atoms with Gasteiger partial charge in [-0.15, -0.1) is 0 Å². The molecule has 0 unspecified atom stereocenters. The van der Waals surface area contributed by atoms with E-state index in [1.54, 1.807) is 72.8 Å². The van der Waals surface area contributed by atoms with Gasteiger partial charge in [0.25, 0.3) is 21.8 Å². The van der Waals surface area contributed by atoms with Gasteiger partial charge in [0.05, 0.1) is 23.9 Å². The highest BCUT2D eigenvalue weighted by Crippen LogP contribution is 2.25. The summed E-state index contributed by atoms with van der Waals surface area (Å²) in [6, 6.07) is 28.6. The highest BCUT2D eigenvalue weighted by molar-refractivity contribution is 7.92. The summed E-state index contributed by atoms with van der Waals surface area (Å²) in [5.41, 5.74) is 5.00. The number of para-hydroxylation sites is 1. The number of rotatable bonds is 12. The van der Waals surface area contributed by atoms with Gasteiger partial charge in [-0.1, -0.05) is 35.9 Å². The number of nitrogens with one attached hydrogen (secondary N) is 2. The molecule has 4 aromatic rings. The number of amides is 2. The Hall–Kier alpha value is -5.16. The molecule has 216 valence electrons. The lowest BCUT2D eigenvalue weighted by Crippen LogP contribution is -2.39. The van der Waals surface area contributed by atoms with E-state index >= 15 is 0 Å². The zero-order valence-electron chi connectivity index (χ0n) is 23.1. The molecule has 0 saturated carbocycles. The molecule has 4 aromatic carbocycles. The van der Waals surface area contributed by atoms with Gasteiger partial charge in [-0.2, -0.15) is 5.10 Å². The average molecular weight is 587 g/mol. The van der Waals surface area contributed by atoms with E-state index in [4.69, 9.17) is 9.47 Å². The third kappa shape index (κ3) is 8.18. The first-order chi connectivity index (χ1) is 20.2. The first-order valence-electron chi connectivity index (χ1n) is 12.9. The van der Waals surface area contributed by atoms with Gasteiger partial charge in [-0.25, -0.2) is 13.8 Å². The lowest BCUT2D eigenvalue weighted by Gasteiger charge is -2.24. The maximum atomic E-state index is 13.5. The van der Waals surface area contributed by atoms with E-state index < -0.39 is 22.5 Å². The van der Waals surface area contributed by atoms with Crippen molar-refractivity contribution in [2.45, 2.75) is 11.8 Å². The summed E-state index contributed by atoms with van der Waals surface area (Å²) in [4.78, 5) is 24.9. The van der Waals surface area contributed by atoms with Crippen LogP contribution in [0, 0.1) is 6.92 Å². The third-order valence-corrected chi connectivity index (χ3v) is 7.76. The van der Waals surface area contributed by atoms with Crippen LogP contribution >= 0.6 is 0 Å². The van der Waals surface area contributed by atoms with Crippen molar-refractivity contribution in [3.63, 3.8) is 0 Å². The molecule has 0 radical (unpaired) electrons. The van der Waals surface area contributed by atoms with Crippen LogP contribution in [0.25, 0.3) is 0 Å². The monoisotopic (exact) mass is 586 g/mol. The zero-order valence-corrected chi connectivity index (χ0v) is 23.9. The SMILES string of the molecule is COc1ccc(S(=O)(=O)N(CC(=O)N/N=C\c2ccc(OCC(=O)Nc3ccccc3)cc2)c2ccc(C)cc2)cc1. The highest BCUT2D eigenvalue weighted by atomic mass is 32.2. The summed E-state index contributed by atoms with van der Waals surface area (Å²) in [5, 5.41) is 6.70. The fourth-order valence-electron chi connectivity index (χ4n) is 3.76. The van der Waals surface area contributed by atoms with Gasteiger partial charge < -0.3 is 14.8 Å². The van der Waals surface area contributed by atoms with Crippen molar-refractivity contribution >= 4 is 39.4 Å². The van der Waals surface area contributed by atoms with E-state index in [1.807, 2.05) is 25.1 Å². The number of hydrogen-bond acceptors (Lipinski definition) is 7. The summed E-state index contributed by atoms with van der Waals surface area (Å²) in [5.74, 6) is 0.0736. The molecule has 0 bridgehead atoms. The molecule has 0 aliphatic heterocycles. The molecule has 11 heteroatoms. The zero-order chi connectivity index (χ0) is 30.0. The number of benzene rings is 4. The number of ether oxygens (including phenoxy) is 2. The van der Waals surface area contributed by atoms with Gasteiger partial charge in [-0.3, -0.25) is 13.9 Å². The van der Waals surface area contributed by atoms with E-state index in [-0.39, 0.29) is 17.4 Å². The topological polar surface area (TPSA) is 126 Å². The van der Waals surface area contributed by atoms with Crippen molar-refractivity contribution in [2.75, 3.05) is 29.9 Å². The Balaban J connectivity index is 1.36. The summed E-state index contributed by atoms with van der Waals surface area (Å²) in [7, 11) is -2.59. The molecule has 42 heavy (non-hydrogen) atoms. The number of sulfonamides is 1. The van der Waals surface area contributed by atoms with Gasteiger partial charge >= 0.3 is 0 Å². The summed E-state index contributed by atoms with van der Waals surface area (Å²) in [6.07, 6.45) is 1.41. The Morgan fingerprint density at radius 3 is 2.12 bits per heavy atom. The predicted octanol–water partition coefficient (Wildman–Crippen LogP) is 4.37. The van der Waals surface area contributed by atoms with Gasteiger partial charge in [-0.05, 0) is 85.3 Å². The van der Waals surface area contributed by atoms with E-state index in [0.717, 1.165) is 9.87 Å². The largest absolute Gasteiger partial charge is 0.497 e. The van der Waals surface area contributed by atoms with Crippen LogP contribution in [0.15, 0.2) is 113 Å². The van der Waals surface area contributed by atoms with Crippen molar-refractivity contribution in [2.24, 2.45) is 5.10 Å². The molecule has 0 heterocycles. The molecule has 2 N–H and O–H groups in total. The Morgan fingerprint density at radius 2 is 1.48 bits per heavy atom. The Labute approximate surface area is 244 Å². The molecular formula is C31H30N4O6S. The minimum Gasteiger partial charge on any atom is -0.497 e. The molecule has 0 aliphatic rings. The van der Waals surface area contributed by atoms with Crippen molar-refractivity contribution in [3.05, 3.63) is 114 Å². The van der Waals surface area contributed by atoms with Crippen LogP contribution in [0.4, 0.5) is 11.4 Å². The fraction of sp³-hybridized carbons (Fsp3) is 0.129. The number of carbonyl (C=O) groups excluding carboxylic acids is 2. The Morgan fingerprint density at radius 1 is 0.833 bits per heavy atom. The van der Waals surface area contributed by atoms with E-state index in [1.165, 1.54) is 25.5 Å². The van der Waals surface area contributed by atoms with Crippen LogP contribution < -0.4 is 24.5 Å². The summed E-state index contributed by atoms with van der Waals surface area (Å²) >= 11 is 0. The maximum absolute atomic E-state index is 13.5. The second-order valence-electron chi connectivity index (χ2n) is 9.09. The summed E-state index contributed by atoms with van der Waals surface area (Å²) in [6.45, 7) is 1.23. The molecule has 0 spiro atoms. The van der Waals surface area contributed by atoms with Crippen LogP contribution in [0.5, 0.6) is 11.5 Å². The molecule has 0 aliphatic carbocycles. The van der Waals surface area contributed by atoms with Gasteiger partial charge in [0.2, 0.25) is 0 Å².